The van der Waals surface area contributed by atoms with Crippen molar-refractivity contribution < 1.29 is 14.8 Å². The van der Waals surface area contributed by atoms with Gasteiger partial charge in [-0.1, -0.05) is 73.0 Å². The summed E-state index contributed by atoms with van der Waals surface area (Å²) < 4.78 is 0. The average molecular weight is 399 g/mol. The zero-order valence-corrected chi connectivity index (χ0v) is 17.3. The molecule has 0 amide bonds. The van der Waals surface area contributed by atoms with Gasteiger partial charge in [0, 0.05) is 16.7 Å². The van der Waals surface area contributed by atoms with E-state index in [1.165, 1.54) is 6.92 Å². The Kier molecular flexibility index (Phi) is 8.75. The maximum Gasteiger partial charge on any atom is 0.331 e. The molecular formula is C22H26N2O3S. The van der Waals surface area contributed by atoms with E-state index in [0.717, 1.165) is 52.3 Å². The van der Waals surface area contributed by atoms with E-state index in [2.05, 4.69) is 24.2 Å². The molecular weight excluding hydrogens is 372 g/mol. The zero-order chi connectivity index (χ0) is 20.4. The minimum atomic E-state index is -0.419. The van der Waals surface area contributed by atoms with E-state index in [1.807, 2.05) is 48.5 Å². The smallest absolute Gasteiger partial charge is 0.331 e. The summed E-state index contributed by atoms with van der Waals surface area (Å²) in [5.74, 6) is -0.419. The molecule has 0 radical (unpaired) electrons. The molecule has 0 bridgehead atoms. The van der Waals surface area contributed by atoms with Crippen LogP contribution in [-0.4, -0.2) is 22.6 Å². The van der Waals surface area contributed by atoms with Gasteiger partial charge in [-0.2, -0.15) is 0 Å². The predicted molar refractivity (Wildman–Crippen MR) is 113 cm³/mol. The molecule has 6 heteroatoms. The standard InChI is InChI=1S/C22H26N2O3S/c1-4-6-21(23-26)17-8-12-19(13-9-17)28-20-14-10-18(11-15-20)22(7-5-2)24-27-16(3)25/h8-15,26H,4-7H2,1-3H3. The number of rotatable bonds is 9. The van der Waals surface area contributed by atoms with E-state index >= 15 is 0 Å². The molecule has 5 nitrogen and oxygen atoms in total. The Morgan fingerprint density at radius 2 is 1.36 bits per heavy atom. The third kappa shape index (κ3) is 6.53. The average Bonchev–Trinajstić information content (AvgIpc) is 2.70. The van der Waals surface area contributed by atoms with Crippen molar-refractivity contribution in [1.29, 1.82) is 0 Å². The van der Waals surface area contributed by atoms with Gasteiger partial charge < -0.3 is 10.0 Å². The van der Waals surface area contributed by atoms with Crippen LogP contribution in [0.25, 0.3) is 0 Å². The Morgan fingerprint density at radius 1 is 0.893 bits per heavy atom. The second kappa shape index (κ2) is 11.3. The van der Waals surface area contributed by atoms with Crippen LogP contribution in [0.15, 0.2) is 68.6 Å². The molecule has 0 aliphatic carbocycles. The molecule has 2 aromatic rings. The molecule has 2 rings (SSSR count). The highest BCUT2D eigenvalue weighted by Gasteiger charge is 2.07. The van der Waals surface area contributed by atoms with Crippen LogP contribution in [0.2, 0.25) is 0 Å². The summed E-state index contributed by atoms with van der Waals surface area (Å²) in [5.41, 5.74) is 3.37. The van der Waals surface area contributed by atoms with Gasteiger partial charge in [-0.15, -0.1) is 0 Å². The molecule has 28 heavy (non-hydrogen) atoms. The van der Waals surface area contributed by atoms with Gasteiger partial charge in [0.15, 0.2) is 0 Å². The molecule has 1 N–H and O–H groups in total. The van der Waals surface area contributed by atoms with Gasteiger partial charge in [-0.05, 0) is 48.2 Å². The second-order valence-electron chi connectivity index (χ2n) is 6.32. The van der Waals surface area contributed by atoms with Gasteiger partial charge >= 0.3 is 5.97 Å². The highest BCUT2D eigenvalue weighted by atomic mass is 32.2. The van der Waals surface area contributed by atoms with E-state index < -0.39 is 5.97 Å². The molecule has 148 valence electrons. The van der Waals surface area contributed by atoms with E-state index in [-0.39, 0.29) is 0 Å². The fourth-order valence-corrected chi connectivity index (χ4v) is 3.47. The van der Waals surface area contributed by atoms with Crippen LogP contribution in [0.3, 0.4) is 0 Å². The topological polar surface area (TPSA) is 71.2 Å². The van der Waals surface area contributed by atoms with Crippen molar-refractivity contribution in [2.75, 3.05) is 0 Å². The number of carbonyl (C=O) groups excluding carboxylic acids is 1. The zero-order valence-electron chi connectivity index (χ0n) is 16.5. The number of oxime groups is 2. The van der Waals surface area contributed by atoms with Crippen molar-refractivity contribution in [3.8, 4) is 0 Å². The minimum absolute atomic E-state index is 0.419. The van der Waals surface area contributed by atoms with Gasteiger partial charge in [0.1, 0.15) is 0 Å². The van der Waals surface area contributed by atoms with Gasteiger partial charge in [0.2, 0.25) is 0 Å². The van der Waals surface area contributed by atoms with Crippen LogP contribution in [-0.2, 0) is 9.63 Å². The lowest BCUT2D eigenvalue weighted by Gasteiger charge is -2.08. The second-order valence-corrected chi connectivity index (χ2v) is 7.47. The van der Waals surface area contributed by atoms with Crippen molar-refractivity contribution in [2.24, 2.45) is 10.3 Å². The van der Waals surface area contributed by atoms with Crippen LogP contribution in [0.1, 0.15) is 57.6 Å². The molecule has 0 spiro atoms. The SMILES string of the molecule is CCCC(=NO)c1ccc(Sc2ccc(C(CCC)=NOC(C)=O)cc2)cc1. The van der Waals surface area contributed by atoms with E-state index in [4.69, 9.17) is 10.0 Å². The summed E-state index contributed by atoms with van der Waals surface area (Å²) >= 11 is 1.65. The lowest BCUT2D eigenvalue weighted by molar-refractivity contribution is -0.140. The normalized spacial score (nSPS) is 12.1. The first kappa shape index (κ1) is 21.7. The maximum atomic E-state index is 11.0. The van der Waals surface area contributed by atoms with Crippen molar-refractivity contribution in [3.63, 3.8) is 0 Å². The molecule has 0 aromatic heterocycles. The Balaban J connectivity index is 2.09. The summed E-state index contributed by atoms with van der Waals surface area (Å²) in [6.45, 7) is 5.46. The van der Waals surface area contributed by atoms with Gasteiger partial charge in [-0.25, -0.2) is 4.79 Å². The summed E-state index contributed by atoms with van der Waals surface area (Å²) in [5, 5.41) is 16.5. The largest absolute Gasteiger partial charge is 0.411 e. The number of benzene rings is 2. The Labute approximate surface area is 170 Å². The molecule has 0 atom stereocenters. The van der Waals surface area contributed by atoms with Crippen molar-refractivity contribution in [2.45, 2.75) is 56.2 Å². The van der Waals surface area contributed by atoms with Crippen molar-refractivity contribution in [1.82, 2.24) is 0 Å². The predicted octanol–water partition coefficient (Wildman–Crippen LogP) is 5.88. The summed E-state index contributed by atoms with van der Waals surface area (Å²) in [6, 6.07) is 16.1. The van der Waals surface area contributed by atoms with E-state index in [0.29, 0.717) is 5.71 Å². The van der Waals surface area contributed by atoms with Crippen molar-refractivity contribution in [3.05, 3.63) is 59.7 Å². The monoisotopic (exact) mass is 398 g/mol. The molecule has 0 saturated heterocycles. The van der Waals surface area contributed by atoms with Crippen LogP contribution >= 0.6 is 11.8 Å². The van der Waals surface area contributed by atoms with Crippen LogP contribution in [0, 0.1) is 0 Å². The summed E-state index contributed by atoms with van der Waals surface area (Å²) in [4.78, 5) is 18.0. The molecule has 0 saturated carbocycles. The van der Waals surface area contributed by atoms with Gasteiger partial charge in [-0.3, -0.25) is 0 Å². The fraction of sp³-hybridized carbons (Fsp3) is 0.318. The highest BCUT2D eigenvalue weighted by Crippen LogP contribution is 2.28. The molecule has 0 unspecified atom stereocenters. The number of carbonyl (C=O) groups is 1. The quantitative estimate of drug-likeness (QED) is 0.248. The Hall–Kier alpha value is -2.60. The molecule has 2 aromatic carbocycles. The Morgan fingerprint density at radius 3 is 1.79 bits per heavy atom. The highest BCUT2D eigenvalue weighted by molar-refractivity contribution is 7.99. The molecule has 0 aliphatic rings. The lowest BCUT2D eigenvalue weighted by Crippen LogP contribution is -2.03. The Bertz CT molecular complexity index is 828. The van der Waals surface area contributed by atoms with Gasteiger partial charge in [0.05, 0.1) is 11.4 Å². The maximum absolute atomic E-state index is 11.0. The molecule has 0 heterocycles. The first-order chi connectivity index (χ1) is 13.6. The van der Waals surface area contributed by atoms with Crippen LogP contribution in [0.4, 0.5) is 0 Å². The third-order valence-corrected chi connectivity index (χ3v) is 5.01. The lowest BCUT2D eigenvalue weighted by atomic mass is 10.1. The van der Waals surface area contributed by atoms with Gasteiger partial charge in [0.25, 0.3) is 0 Å². The fourth-order valence-electron chi connectivity index (χ4n) is 2.65. The minimum Gasteiger partial charge on any atom is -0.411 e. The summed E-state index contributed by atoms with van der Waals surface area (Å²) in [7, 11) is 0. The van der Waals surface area contributed by atoms with E-state index in [1.54, 1.807) is 11.8 Å². The van der Waals surface area contributed by atoms with E-state index in [9.17, 15) is 4.79 Å². The first-order valence-electron chi connectivity index (χ1n) is 9.41. The first-order valence-corrected chi connectivity index (χ1v) is 10.2. The number of hydrogen-bond donors (Lipinski definition) is 1. The number of nitrogens with zero attached hydrogens (tertiary/aromatic N) is 2. The van der Waals surface area contributed by atoms with Crippen LogP contribution < -0.4 is 0 Å². The number of hydrogen-bond acceptors (Lipinski definition) is 6. The van der Waals surface area contributed by atoms with Crippen molar-refractivity contribution >= 4 is 29.2 Å². The summed E-state index contributed by atoms with van der Waals surface area (Å²) in [6.07, 6.45) is 3.34. The molecule has 0 aliphatic heterocycles. The molecule has 0 fully saturated rings. The van der Waals surface area contributed by atoms with Crippen LogP contribution in [0.5, 0.6) is 0 Å². The third-order valence-electron chi connectivity index (χ3n) is 3.99.